The number of carbonyl (C=O) groups excluding carboxylic acids is 1. The number of rotatable bonds is 5. The average molecular weight is 295 g/mol. The maximum absolute atomic E-state index is 11.7. The lowest BCUT2D eigenvalue weighted by Gasteiger charge is -2.16. The van der Waals surface area contributed by atoms with Gasteiger partial charge in [-0.25, -0.2) is 4.79 Å². The molecule has 106 valence electrons. The zero-order valence-corrected chi connectivity index (χ0v) is 11.6. The summed E-state index contributed by atoms with van der Waals surface area (Å²) in [5.41, 5.74) is 1.54. The van der Waals surface area contributed by atoms with Crippen LogP contribution in [0.4, 0.5) is 10.5 Å². The number of aromatic amines is 1. The van der Waals surface area contributed by atoms with E-state index in [1.807, 2.05) is 12.1 Å². The molecule has 0 aliphatic rings. The fourth-order valence-electron chi connectivity index (χ4n) is 1.69. The summed E-state index contributed by atoms with van der Waals surface area (Å²) < 4.78 is 5.36. The van der Waals surface area contributed by atoms with Crippen molar-refractivity contribution < 1.29 is 9.53 Å². The molecule has 1 aromatic heterocycles. The predicted molar refractivity (Wildman–Crippen MR) is 76.8 cm³/mol. The molecule has 0 aliphatic carbocycles. The number of halogens is 1. The van der Waals surface area contributed by atoms with Gasteiger partial charge in [0.25, 0.3) is 0 Å². The summed E-state index contributed by atoms with van der Waals surface area (Å²) in [7, 11) is 1.59. The van der Waals surface area contributed by atoms with Crippen molar-refractivity contribution in [3.63, 3.8) is 0 Å². The summed E-state index contributed by atoms with van der Waals surface area (Å²) in [4.78, 5) is 11.7. The second kappa shape index (κ2) is 6.93. The van der Waals surface area contributed by atoms with Crippen LogP contribution in [0.1, 0.15) is 11.7 Å². The number of hydrogen-bond donors (Lipinski definition) is 3. The van der Waals surface area contributed by atoms with Gasteiger partial charge in [-0.1, -0.05) is 23.7 Å². The normalized spacial score (nSPS) is 11.9. The van der Waals surface area contributed by atoms with Gasteiger partial charge in [0, 0.05) is 24.9 Å². The minimum atomic E-state index is -0.317. The van der Waals surface area contributed by atoms with Crippen LogP contribution >= 0.6 is 11.6 Å². The molecule has 0 aliphatic heterocycles. The van der Waals surface area contributed by atoms with Crippen LogP contribution in [-0.2, 0) is 4.74 Å². The molecule has 0 radical (unpaired) electrons. The highest BCUT2D eigenvalue weighted by atomic mass is 35.5. The first-order chi connectivity index (χ1) is 9.69. The predicted octanol–water partition coefficient (Wildman–Crippen LogP) is 2.57. The van der Waals surface area contributed by atoms with Crippen LogP contribution in [0.5, 0.6) is 0 Å². The average Bonchev–Trinajstić information content (AvgIpc) is 2.94. The Morgan fingerprint density at radius 1 is 1.45 bits per heavy atom. The second-order valence-electron chi connectivity index (χ2n) is 4.10. The molecular formula is C13H15ClN4O2. The highest BCUT2D eigenvalue weighted by Crippen LogP contribution is 2.18. The van der Waals surface area contributed by atoms with E-state index in [0.29, 0.717) is 17.3 Å². The molecule has 20 heavy (non-hydrogen) atoms. The van der Waals surface area contributed by atoms with Crippen molar-refractivity contribution in [1.82, 2.24) is 15.5 Å². The van der Waals surface area contributed by atoms with Gasteiger partial charge in [-0.3, -0.25) is 5.10 Å². The molecule has 2 rings (SSSR count). The lowest BCUT2D eigenvalue weighted by Crippen LogP contribution is -2.32. The maximum atomic E-state index is 11.7. The lowest BCUT2D eigenvalue weighted by molar-refractivity contribution is 0.104. The van der Waals surface area contributed by atoms with Crippen molar-refractivity contribution in [2.75, 3.05) is 19.0 Å². The molecule has 6 nitrogen and oxygen atoms in total. The summed E-state index contributed by atoms with van der Waals surface area (Å²) in [5.74, 6) is 0. The summed E-state index contributed by atoms with van der Waals surface area (Å²) in [6, 6.07) is 6.99. The SMILES string of the molecule is CO[C@H](CNC(=O)Nc1cn[nH]c1)c1ccc(Cl)cc1. The third-order valence-electron chi connectivity index (χ3n) is 2.73. The molecule has 3 N–H and O–H groups in total. The number of methoxy groups -OCH3 is 1. The molecule has 0 spiro atoms. The van der Waals surface area contributed by atoms with Gasteiger partial charge in [0.1, 0.15) is 0 Å². The van der Waals surface area contributed by atoms with Crippen molar-refractivity contribution in [2.24, 2.45) is 0 Å². The number of amides is 2. The van der Waals surface area contributed by atoms with E-state index in [9.17, 15) is 4.79 Å². The van der Waals surface area contributed by atoms with Crippen LogP contribution in [0.15, 0.2) is 36.7 Å². The van der Waals surface area contributed by atoms with Crippen LogP contribution < -0.4 is 10.6 Å². The van der Waals surface area contributed by atoms with Crippen LogP contribution in [0.25, 0.3) is 0 Å². The zero-order chi connectivity index (χ0) is 14.4. The summed E-state index contributed by atoms with van der Waals surface area (Å²) in [5, 5.41) is 12.4. The molecular weight excluding hydrogens is 280 g/mol. The van der Waals surface area contributed by atoms with Crippen LogP contribution in [0.3, 0.4) is 0 Å². The van der Waals surface area contributed by atoms with Crippen molar-refractivity contribution in [3.8, 4) is 0 Å². The molecule has 0 saturated carbocycles. The molecule has 1 aromatic carbocycles. The Kier molecular flexibility index (Phi) is 4.97. The molecule has 7 heteroatoms. The number of nitrogens with one attached hydrogen (secondary N) is 3. The highest BCUT2D eigenvalue weighted by molar-refractivity contribution is 6.30. The smallest absolute Gasteiger partial charge is 0.319 e. The Morgan fingerprint density at radius 3 is 2.80 bits per heavy atom. The molecule has 0 bridgehead atoms. The lowest BCUT2D eigenvalue weighted by atomic mass is 10.1. The number of anilines is 1. The minimum Gasteiger partial charge on any atom is -0.375 e. The van der Waals surface area contributed by atoms with Crippen molar-refractivity contribution >= 4 is 23.3 Å². The zero-order valence-electron chi connectivity index (χ0n) is 10.9. The Morgan fingerprint density at radius 2 is 2.20 bits per heavy atom. The van der Waals surface area contributed by atoms with Gasteiger partial charge in [0.05, 0.1) is 18.0 Å². The van der Waals surface area contributed by atoms with Gasteiger partial charge in [-0.15, -0.1) is 0 Å². The molecule has 0 unspecified atom stereocenters. The van der Waals surface area contributed by atoms with E-state index in [1.54, 1.807) is 25.4 Å². The van der Waals surface area contributed by atoms with Crippen molar-refractivity contribution in [1.29, 1.82) is 0 Å². The van der Waals surface area contributed by atoms with Gasteiger partial charge < -0.3 is 15.4 Å². The first kappa shape index (κ1) is 14.4. The topological polar surface area (TPSA) is 79.0 Å². The van der Waals surface area contributed by atoms with E-state index in [1.165, 1.54) is 6.20 Å². The summed E-state index contributed by atoms with van der Waals surface area (Å²) >= 11 is 5.84. The highest BCUT2D eigenvalue weighted by Gasteiger charge is 2.12. The van der Waals surface area contributed by atoms with Gasteiger partial charge in [-0.2, -0.15) is 5.10 Å². The molecule has 2 aromatic rings. The van der Waals surface area contributed by atoms with Crippen LogP contribution in [0.2, 0.25) is 5.02 Å². The van der Waals surface area contributed by atoms with E-state index >= 15 is 0 Å². The molecule has 2 amide bonds. The third-order valence-corrected chi connectivity index (χ3v) is 2.98. The van der Waals surface area contributed by atoms with Gasteiger partial charge in [-0.05, 0) is 17.7 Å². The fourth-order valence-corrected chi connectivity index (χ4v) is 1.82. The van der Waals surface area contributed by atoms with Gasteiger partial charge in [0.15, 0.2) is 0 Å². The Balaban J connectivity index is 1.87. The van der Waals surface area contributed by atoms with E-state index in [0.717, 1.165) is 5.56 Å². The summed E-state index contributed by atoms with van der Waals surface area (Å²) in [6.45, 7) is 0.349. The number of carbonyl (C=O) groups is 1. The number of H-pyrrole nitrogens is 1. The van der Waals surface area contributed by atoms with E-state index in [2.05, 4.69) is 20.8 Å². The third kappa shape index (κ3) is 3.97. The maximum Gasteiger partial charge on any atom is 0.319 e. The summed E-state index contributed by atoms with van der Waals surface area (Å²) in [6.07, 6.45) is 2.88. The van der Waals surface area contributed by atoms with Crippen LogP contribution in [-0.4, -0.2) is 29.9 Å². The largest absolute Gasteiger partial charge is 0.375 e. The Hall–Kier alpha value is -2.05. The van der Waals surface area contributed by atoms with E-state index < -0.39 is 0 Å². The van der Waals surface area contributed by atoms with E-state index in [4.69, 9.17) is 16.3 Å². The first-order valence-electron chi connectivity index (χ1n) is 6.01. The number of hydrogen-bond acceptors (Lipinski definition) is 3. The van der Waals surface area contributed by atoms with E-state index in [-0.39, 0.29) is 12.1 Å². The number of ether oxygens (including phenoxy) is 1. The van der Waals surface area contributed by atoms with Crippen molar-refractivity contribution in [3.05, 3.63) is 47.2 Å². The molecule has 1 heterocycles. The first-order valence-corrected chi connectivity index (χ1v) is 6.38. The van der Waals surface area contributed by atoms with Crippen molar-refractivity contribution in [2.45, 2.75) is 6.10 Å². The standard InChI is InChI=1S/C13H15ClN4O2/c1-20-12(9-2-4-10(14)5-3-9)8-15-13(19)18-11-6-16-17-7-11/h2-7,12H,8H2,1H3,(H,16,17)(H2,15,18,19)/t12-/m1/s1. The molecule has 1 atom stereocenters. The Bertz CT molecular complexity index is 542. The number of nitrogens with zero attached hydrogens (tertiary/aromatic N) is 1. The minimum absolute atomic E-state index is 0.234. The van der Waals surface area contributed by atoms with Crippen LogP contribution in [0, 0.1) is 0 Å². The monoisotopic (exact) mass is 294 g/mol. The quantitative estimate of drug-likeness (QED) is 0.793. The second-order valence-corrected chi connectivity index (χ2v) is 4.53. The fraction of sp³-hybridized carbons (Fsp3) is 0.231. The molecule has 0 fully saturated rings. The van der Waals surface area contributed by atoms with Gasteiger partial charge in [0.2, 0.25) is 0 Å². The Labute approximate surface area is 121 Å². The number of urea groups is 1. The number of aromatic nitrogens is 2. The van der Waals surface area contributed by atoms with Gasteiger partial charge >= 0.3 is 6.03 Å². The number of benzene rings is 1. The molecule has 0 saturated heterocycles.